The van der Waals surface area contributed by atoms with E-state index in [1.807, 2.05) is 10.8 Å². The summed E-state index contributed by atoms with van der Waals surface area (Å²) in [5, 5.41) is 3.09. The van der Waals surface area contributed by atoms with E-state index in [4.69, 9.17) is 5.73 Å². The van der Waals surface area contributed by atoms with Crippen LogP contribution in [0, 0.1) is 17.3 Å². The van der Waals surface area contributed by atoms with Crippen LogP contribution in [0.3, 0.4) is 0 Å². The predicted octanol–water partition coefficient (Wildman–Crippen LogP) is 1.79. The number of carbonyl (C=O) groups is 1. The Balaban J connectivity index is 1.80. The number of aryl methyl sites for hydroxylation is 1. The molecule has 3 N–H and O–H groups in total. The molecule has 0 bridgehead atoms. The summed E-state index contributed by atoms with van der Waals surface area (Å²) < 4.78 is 2.03. The Morgan fingerprint density at radius 1 is 1.48 bits per heavy atom. The molecule has 5 nitrogen and oxygen atoms in total. The number of imidazole rings is 1. The quantitative estimate of drug-likeness (QED) is 0.813. The molecule has 5 heteroatoms. The fourth-order valence-corrected chi connectivity index (χ4v) is 3.33. The number of nitrogens with zero attached hydrogens (tertiary/aromatic N) is 2. The van der Waals surface area contributed by atoms with Crippen molar-refractivity contribution in [1.82, 2.24) is 14.9 Å². The third kappa shape index (κ3) is 3.64. The number of amides is 1. The van der Waals surface area contributed by atoms with Crippen molar-refractivity contribution in [1.29, 1.82) is 0 Å². The van der Waals surface area contributed by atoms with E-state index in [2.05, 4.69) is 31.1 Å². The summed E-state index contributed by atoms with van der Waals surface area (Å²) in [6.07, 6.45) is 8.27. The first-order chi connectivity index (χ1) is 9.93. The van der Waals surface area contributed by atoms with Gasteiger partial charge in [-0.15, -0.1) is 0 Å². The highest BCUT2D eigenvalue weighted by Gasteiger charge is 2.44. The molecule has 1 fully saturated rings. The largest absolute Gasteiger partial charge is 0.356 e. The van der Waals surface area contributed by atoms with E-state index >= 15 is 0 Å². The van der Waals surface area contributed by atoms with Gasteiger partial charge < -0.3 is 15.6 Å². The van der Waals surface area contributed by atoms with Crippen molar-refractivity contribution < 1.29 is 4.79 Å². The predicted molar refractivity (Wildman–Crippen MR) is 83.5 cm³/mol. The summed E-state index contributed by atoms with van der Waals surface area (Å²) in [7, 11) is 0. The lowest BCUT2D eigenvalue weighted by Gasteiger charge is -2.46. The SMILES string of the molecule is CC1C(N)CCC(C(=O)NCCCn2ccnc2)C1(C)C. The Kier molecular flexibility index (Phi) is 5.04. The van der Waals surface area contributed by atoms with Crippen LogP contribution in [0.2, 0.25) is 0 Å². The van der Waals surface area contributed by atoms with Gasteiger partial charge in [-0.2, -0.15) is 0 Å². The van der Waals surface area contributed by atoms with E-state index < -0.39 is 0 Å². The second kappa shape index (κ2) is 6.60. The normalized spacial score (nSPS) is 28.3. The lowest BCUT2D eigenvalue weighted by atomic mass is 9.61. The monoisotopic (exact) mass is 292 g/mol. The zero-order chi connectivity index (χ0) is 15.5. The zero-order valence-corrected chi connectivity index (χ0v) is 13.4. The first kappa shape index (κ1) is 16.0. The first-order valence-corrected chi connectivity index (χ1v) is 7.92. The van der Waals surface area contributed by atoms with Gasteiger partial charge in [0.2, 0.25) is 5.91 Å². The van der Waals surface area contributed by atoms with Crippen LogP contribution in [-0.2, 0) is 11.3 Å². The van der Waals surface area contributed by atoms with Gasteiger partial charge >= 0.3 is 0 Å². The van der Waals surface area contributed by atoms with Crippen molar-refractivity contribution in [3.63, 3.8) is 0 Å². The van der Waals surface area contributed by atoms with Gasteiger partial charge in [-0.05, 0) is 30.6 Å². The van der Waals surface area contributed by atoms with Gasteiger partial charge in [0.05, 0.1) is 6.33 Å². The van der Waals surface area contributed by atoms with Crippen LogP contribution in [0.5, 0.6) is 0 Å². The molecule has 118 valence electrons. The van der Waals surface area contributed by atoms with Gasteiger partial charge in [-0.1, -0.05) is 20.8 Å². The van der Waals surface area contributed by atoms with E-state index in [9.17, 15) is 4.79 Å². The Morgan fingerprint density at radius 3 is 2.90 bits per heavy atom. The topological polar surface area (TPSA) is 72.9 Å². The van der Waals surface area contributed by atoms with Gasteiger partial charge in [0, 0.05) is 37.4 Å². The molecule has 3 atom stereocenters. The number of hydrogen-bond acceptors (Lipinski definition) is 3. The highest BCUT2D eigenvalue weighted by Crippen LogP contribution is 2.44. The van der Waals surface area contributed by atoms with E-state index in [0.717, 1.165) is 25.8 Å². The minimum Gasteiger partial charge on any atom is -0.356 e. The van der Waals surface area contributed by atoms with E-state index in [0.29, 0.717) is 12.5 Å². The molecule has 1 aliphatic rings. The number of nitrogens with two attached hydrogens (primary N) is 1. The molecule has 1 amide bonds. The maximum Gasteiger partial charge on any atom is 0.223 e. The van der Waals surface area contributed by atoms with Crippen molar-refractivity contribution in [3.8, 4) is 0 Å². The van der Waals surface area contributed by atoms with E-state index in [-0.39, 0.29) is 23.3 Å². The fraction of sp³-hybridized carbons (Fsp3) is 0.750. The summed E-state index contributed by atoms with van der Waals surface area (Å²) >= 11 is 0. The molecule has 1 aromatic rings. The van der Waals surface area contributed by atoms with Gasteiger partial charge in [0.25, 0.3) is 0 Å². The van der Waals surface area contributed by atoms with Crippen molar-refractivity contribution in [2.24, 2.45) is 23.0 Å². The van der Waals surface area contributed by atoms with Crippen LogP contribution in [0.15, 0.2) is 18.7 Å². The summed E-state index contributed by atoms with van der Waals surface area (Å²) in [6.45, 7) is 8.11. The maximum atomic E-state index is 12.5. The van der Waals surface area contributed by atoms with E-state index in [1.165, 1.54) is 0 Å². The molecular weight excluding hydrogens is 264 g/mol. The zero-order valence-electron chi connectivity index (χ0n) is 13.4. The average molecular weight is 292 g/mol. The van der Waals surface area contributed by atoms with Gasteiger partial charge in [0.1, 0.15) is 0 Å². The lowest BCUT2D eigenvalue weighted by Crippen LogP contribution is -2.51. The Hall–Kier alpha value is -1.36. The van der Waals surface area contributed by atoms with Gasteiger partial charge in [0.15, 0.2) is 0 Å². The lowest BCUT2D eigenvalue weighted by molar-refractivity contribution is -0.132. The molecule has 0 aliphatic heterocycles. The number of hydrogen-bond donors (Lipinski definition) is 2. The molecular formula is C16H28N4O. The number of aromatic nitrogens is 2. The van der Waals surface area contributed by atoms with Crippen LogP contribution in [0.4, 0.5) is 0 Å². The number of carbonyl (C=O) groups excluding carboxylic acids is 1. The third-order valence-electron chi connectivity index (χ3n) is 5.27. The maximum absolute atomic E-state index is 12.5. The minimum absolute atomic E-state index is 0.0356. The molecule has 0 radical (unpaired) electrons. The fourth-order valence-electron chi connectivity index (χ4n) is 3.33. The van der Waals surface area contributed by atoms with Gasteiger partial charge in [-0.3, -0.25) is 4.79 Å². The number of nitrogens with one attached hydrogen (secondary N) is 1. The van der Waals surface area contributed by atoms with Crippen LogP contribution < -0.4 is 11.1 Å². The molecule has 1 heterocycles. The van der Waals surface area contributed by atoms with Crippen molar-refractivity contribution in [3.05, 3.63) is 18.7 Å². The van der Waals surface area contributed by atoms with Crippen molar-refractivity contribution in [2.45, 2.75) is 52.6 Å². The molecule has 1 aromatic heterocycles. The molecule has 21 heavy (non-hydrogen) atoms. The van der Waals surface area contributed by atoms with E-state index in [1.54, 1.807) is 12.5 Å². The highest BCUT2D eigenvalue weighted by molar-refractivity contribution is 5.79. The molecule has 1 aliphatic carbocycles. The molecule has 2 rings (SSSR count). The highest BCUT2D eigenvalue weighted by atomic mass is 16.1. The Labute approximate surface area is 127 Å². The molecule has 3 unspecified atom stereocenters. The molecule has 0 aromatic carbocycles. The first-order valence-electron chi connectivity index (χ1n) is 7.92. The average Bonchev–Trinajstić information content (AvgIpc) is 2.94. The third-order valence-corrected chi connectivity index (χ3v) is 5.27. The van der Waals surface area contributed by atoms with Crippen LogP contribution >= 0.6 is 0 Å². The second-order valence-corrected chi connectivity index (χ2v) is 6.85. The van der Waals surface area contributed by atoms with Crippen molar-refractivity contribution >= 4 is 5.91 Å². The smallest absolute Gasteiger partial charge is 0.223 e. The second-order valence-electron chi connectivity index (χ2n) is 6.85. The van der Waals surface area contributed by atoms with Crippen LogP contribution in [0.25, 0.3) is 0 Å². The molecule has 0 saturated heterocycles. The summed E-state index contributed by atoms with van der Waals surface area (Å²) in [5.74, 6) is 0.623. The minimum atomic E-state index is -0.0356. The Morgan fingerprint density at radius 2 is 2.24 bits per heavy atom. The summed E-state index contributed by atoms with van der Waals surface area (Å²) in [5.41, 5.74) is 6.12. The van der Waals surface area contributed by atoms with Gasteiger partial charge in [-0.25, -0.2) is 4.98 Å². The number of rotatable bonds is 5. The summed E-state index contributed by atoms with van der Waals surface area (Å²) in [6, 6.07) is 0.213. The molecule has 0 spiro atoms. The van der Waals surface area contributed by atoms with Crippen LogP contribution in [0.1, 0.15) is 40.0 Å². The van der Waals surface area contributed by atoms with Crippen LogP contribution in [-0.4, -0.2) is 28.0 Å². The molecule has 1 saturated carbocycles. The Bertz CT molecular complexity index is 455. The van der Waals surface area contributed by atoms with Crippen molar-refractivity contribution in [2.75, 3.05) is 6.54 Å². The standard InChI is InChI=1S/C16H28N4O/c1-12-14(17)6-5-13(16(12,2)3)15(21)19-7-4-9-20-10-8-18-11-20/h8,10-14H,4-7,9,17H2,1-3H3,(H,19,21). The summed E-state index contributed by atoms with van der Waals surface area (Å²) in [4.78, 5) is 16.5.